The van der Waals surface area contributed by atoms with Crippen LogP contribution in [-0.4, -0.2) is 0 Å². The normalized spacial score (nSPS) is 10.4. The van der Waals surface area contributed by atoms with E-state index in [1.807, 2.05) is 37.3 Å². The van der Waals surface area contributed by atoms with Gasteiger partial charge in [0.25, 0.3) is 0 Å². The molecule has 0 aliphatic rings. The van der Waals surface area contributed by atoms with Crippen molar-refractivity contribution in [2.75, 3.05) is 0 Å². The molecule has 2 heteroatoms. The van der Waals surface area contributed by atoms with Crippen LogP contribution in [0.5, 0.6) is 0 Å². The summed E-state index contributed by atoms with van der Waals surface area (Å²) in [6.07, 6.45) is 0. The van der Waals surface area contributed by atoms with Crippen LogP contribution in [0.15, 0.2) is 34.7 Å². The summed E-state index contributed by atoms with van der Waals surface area (Å²) in [6, 6.07) is 9.91. The fourth-order valence-electron chi connectivity index (χ4n) is 1.17. The highest BCUT2D eigenvalue weighted by atomic mass is 32.1. The Hall–Kier alpha value is -1.15. The Morgan fingerprint density at radius 2 is 2.00 bits per heavy atom. The van der Waals surface area contributed by atoms with Crippen molar-refractivity contribution in [3.63, 3.8) is 0 Å². The summed E-state index contributed by atoms with van der Waals surface area (Å²) in [6.45, 7) is 1.96. The van der Waals surface area contributed by atoms with Gasteiger partial charge in [-0.3, -0.25) is 0 Å². The van der Waals surface area contributed by atoms with E-state index >= 15 is 0 Å². The largest absolute Gasteiger partial charge is 0.445 e. The van der Waals surface area contributed by atoms with Crippen LogP contribution in [0.25, 0.3) is 11.0 Å². The molecule has 1 nitrogen and oxygen atoms in total. The molecule has 0 bridgehead atoms. The minimum atomic E-state index is 0.578. The molecule has 1 aromatic carbocycles. The molecule has 0 aliphatic carbocycles. The minimum Gasteiger partial charge on any atom is -0.445 e. The Bertz CT molecular complexity index is 470. The third-order valence-electron chi connectivity index (χ3n) is 1.82. The number of rotatable bonds is 0. The molecule has 0 radical (unpaired) electrons. The zero-order valence-electron chi connectivity index (χ0n) is 6.70. The molecule has 1 heterocycles. The van der Waals surface area contributed by atoms with Gasteiger partial charge in [-0.05, 0) is 31.3 Å². The third-order valence-corrected chi connectivity index (χ3v) is 2.22. The lowest BCUT2D eigenvalue weighted by Gasteiger charge is -1.97. The highest BCUT2D eigenvalue weighted by molar-refractivity contribution is 7.71. The Balaban J connectivity index is 2.93. The van der Waals surface area contributed by atoms with Gasteiger partial charge in [0.05, 0.1) is 0 Å². The van der Waals surface area contributed by atoms with Gasteiger partial charge in [-0.2, -0.15) is 0 Å². The van der Waals surface area contributed by atoms with Crippen molar-refractivity contribution in [2.24, 2.45) is 0 Å². The first kappa shape index (κ1) is 7.50. The van der Waals surface area contributed by atoms with Crippen molar-refractivity contribution >= 4 is 23.2 Å². The quantitative estimate of drug-likeness (QED) is 0.570. The van der Waals surface area contributed by atoms with Gasteiger partial charge in [-0.15, -0.1) is 0 Å². The lowest BCUT2D eigenvalue weighted by molar-refractivity contribution is 0.581. The summed E-state index contributed by atoms with van der Waals surface area (Å²) in [7, 11) is 0. The van der Waals surface area contributed by atoms with E-state index in [9.17, 15) is 0 Å². The van der Waals surface area contributed by atoms with E-state index < -0.39 is 0 Å². The van der Waals surface area contributed by atoms with Crippen molar-refractivity contribution in [2.45, 2.75) is 6.92 Å². The van der Waals surface area contributed by atoms with Crippen LogP contribution >= 0.6 is 12.2 Å². The van der Waals surface area contributed by atoms with E-state index in [1.54, 1.807) is 0 Å². The summed E-state index contributed by atoms with van der Waals surface area (Å²) in [5.41, 5.74) is 1.87. The highest BCUT2D eigenvalue weighted by Crippen LogP contribution is 2.16. The van der Waals surface area contributed by atoms with E-state index in [4.69, 9.17) is 16.6 Å². The van der Waals surface area contributed by atoms with Crippen LogP contribution in [0, 0.1) is 11.6 Å². The SMILES string of the molecule is Cc1cc2ccccc2oc1=S. The average molecular weight is 176 g/mol. The lowest BCUT2D eigenvalue weighted by Crippen LogP contribution is -1.76. The van der Waals surface area contributed by atoms with Gasteiger partial charge in [-0.25, -0.2) is 0 Å². The number of aryl methyl sites for hydroxylation is 1. The number of benzene rings is 1. The van der Waals surface area contributed by atoms with Crippen LogP contribution in [0.2, 0.25) is 0 Å². The van der Waals surface area contributed by atoms with Crippen LogP contribution in [0.4, 0.5) is 0 Å². The molecular weight excluding hydrogens is 168 g/mol. The standard InChI is InChI=1S/C10H8OS/c1-7-6-8-4-2-3-5-9(8)11-10(7)12/h2-6H,1H3. The van der Waals surface area contributed by atoms with E-state index in [2.05, 4.69) is 0 Å². The predicted octanol–water partition coefficient (Wildman–Crippen LogP) is 3.47. The molecular formula is C10H8OS. The van der Waals surface area contributed by atoms with Crippen molar-refractivity contribution in [3.05, 3.63) is 40.6 Å². The molecule has 0 fully saturated rings. The summed E-state index contributed by atoms with van der Waals surface area (Å²) >= 11 is 5.01. The first-order valence-electron chi connectivity index (χ1n) is 3.77. The number of fused-ring (bicyclic) bond motifs is 1. The maximum Gasteiger partial charge on any atom is 0.193 e. The summed E-state index contributed by atoms with van der Waals surface area (Å²) in [5, 5.41) is 1.10. The van der Waals surface area contributed by atoms with Gasteiger partial charge in [0.1, 0.15) is 5.58 Å². The van der Waals surface area contributed by atoms with Crippen LogP contribution < -0.4 is 0 Å². The summed E-state index contributed by atoms with van der Waals surface area (Å²) in [4.78, 5) is 0. The second kappa shape index (κ2) is 2.72. The van der Waals surface area contributed by atoms with E-state index in [1.165, 1.54) is 0 Å². The fraction of sp³-hybridized carbons (Fsp3) is 0.100. The van der Waals surface area contributed by atoms with Crippen LogP contribution in [-0.2, 0) is 0 Å². The van der Waals surface area contributed by atoms with E-state index in [0.717, 1.165) is 16.5 Å². The molecule has 0 unspecified atom stereocenters. The molecule has 12 heavy (non-hydrogen) atoms. The maximum atomic E-state index is 5.41. The zero-order valence-corrected chi connectivity index (χ0v) is 7.52. The Labute approximate surface area is 75.6 Å². The Kier molecular flexibility index (Phi) is 1.70. The van der Waals surface area contributed by atoms with Gasteiger partial charge < -0.3 is 4.42 Å². The molecule has 0 N–H and O–H groups in total. The molecule has 2 rings (SSSR count). The monoisotopic (exact) mass is 176 g/mol. The molecule has 1 aromatic heterocycles. The van der Waals surface area contributed by atoms with E-state index in [0.29, 0.717) is 4.71 Å². The van der Waals surface area contributed by atoms with E-state index in [-0.39, 0.29) is 0 Å². The number of hydrogen-bond acceptors (Lipinski definition) is 2. The second-order valence-corrected chi connectivity index (χ2v) is 3.13. The van der Waals surface area contributed by atoms with Gasteiger partial charge in [-0.1, -0.05) is 18.2 Å². The topological polar surface area (TPSA) is 13.1 Å². The van der Waals surface area contributed by atoms with Crippen LogP contribution in [0.1, 0.15) is 5.56 Å². The first-order valence-corrected chi connectivity index (χ1v) is 4.18. The van der Waals surface area contributed by atoms with Crippen molar-refractivity contribution in [1.29, 1.82) is 0 Å². The average Bonchev–Trinajstić information content (AvgIpc) is 2.07. The first-order chi connectivity index (χ1) is 5.77. The molecule has 60 valence electrons. The highest BCUT2D eigenvalue weighted by Gasteiger charge is 1.95. The minimum absolute atomic E-state index is 0.578. The maximum absolute atomic E-state index is 5.41. The molecule has 0 saturated heterocycles. The fourth-order valence-corrected chi connectivity index (χ4v) is 1.31. The van der Waals surface area contributed by atoms with Gasteiger partial charge in [0, 0.05) is 10.9 Å². The van der Waals surface area contributed by atoms with Gasteiger partial charge in [0.15, 0.2) is 4.71 Å². The summed E-state index contributed by atoms with van der Waals surface area (Å²) < 4.78 is 5.98. The second-order valence-electron chi connectivity index (χ2n) is 2.75. The molecule has 0 amide bonds. The Morgan fingerprint density at radius 3 is 2.83 bits per heavy atom. The molecule has 0 aliphatic heterocycles. The number of para-hydroxylation sites is 1. The predicted molar refractivity (Wildman–Crippen MR) is 51.8 cm³/mol. The zero-order chi connectivity index (χ0) is 8.55. The van der Waals surface area contributed by atoms with Gasteiger partial charge >= 0.3 is 0 Å². The van der Waals surface area contributed by atoms with Gasteiger partial charge in [0.2, 0.25) is 0 Å². The third kappa shape index (κ3) is 1.14. The molecule has 0 atom stereocenters. The lowest BCUT2D eigenvalue weighted by atomic mass is 10.2. The molecule has 0 spiro atoms. The smallest absolute Gasteiger partial charge is 0.193 e. The summed E-state index contributed by atoms with van der Waals surface area (Å²) in [5.74, 6) is 0. The molecule has 0 saturated carbocycles. The van der Waals surface area contributed by atoms with Crippen LogP contribution in [0.3, 0.4) is 0 Å². The Morgan fingerprint density at radius 1 is 1.25 bits per heavy atom. The molecule has 2 aromatic rings. The van der Waals surface area contributed by atoms with Crippen molar-refractivity contribution in [3.8, 4) is 0 Å². The number of hydrogen-bond donors (Lipinski definition) is 0. The van der Waals surface area contributed by atoms with Crippen molar-refractivity contribution in [1.82, 2.24) is 0 Å². The van der Waals surface area contributed by atoms with Crippen molar-refractivity contribution < 1.29 is 4.42 Å².